The van der Waals surface area contributed by atoms with Crippen molar-refractivity contribution in [3.63, 3.8) is 0 Å². The molecule has 1 aromatic carbocycles. The standard InChI is InChI=1S/C13H17BrO2/c1-12(2,14)11(15)9-5-7-10(8-6-9)13(3,4)16/h5-8,16H,1-4H3. The molecule has 0 unspecified atom stereocenters. The zero-order valence-corrected chi connectivity index (χ0v) is 11.6. The first kappa shape index (κ1) is 13.4. The lowest BCUT2D eigenvalue weighted by molar-refractivity contribution is 0.0784. The molecule has 0 bridgehead atoms. The van der Waals surface area contributed by atoms with Crippen LogP contribution in [0.1, 0.15) is 43.6 Å². The van der Waals surface area contributed by atoms with E-state index in [0.717, 1.165) is 5.56 Å². The van der Waals surface area contributed by atoms with Crippen molar-refractivity contribution in [2.45, 2.75) is 37.6 Å². The Balaban J connectivity index is 3.01. The Morgan fingerprint density at radius 3 is 1.88 bits per heavy atom. The van der Waals surface area contributed by atoms with Crippen LogP contribution in [0, 0.1) is 0 Å². The average Bonchev–Trinajstić information content (AvgIpc) is 2.14. The highest BCUT2D eigenvalue weighted by molar-refractivity contribution is 9.10. The maximum atomic E-state index is 11.9. The maximum Gasteiger partial charge on any atom is 0.178 e. The van der Waals surface area contributed by atoms with E-state index in [1.165, 1.54) is 0 Å². The Labute approximate surface area is 105 Å². The van der Waals surface area contributed by atoms with E-state index in [4.69, 9.17) is 0 Å². The molecule has 2 nitrogen and oxygen atoms in total. The van der Waals surface area contributed by atoms with Gasteiger partial charge in [0.25, 0.3) is 0 Å². The number of ketones is 1. The summed E-state index contributed by atoms with van der Waals surface area (Å²) in [5, 5.41) is 9.78. The smallest absolute Gasteiger partial charge is 0.178 e. The van der Waals surface area contributed by atoms with E-state index in [2.05, 4.69) is 15.9 Å². The van der Waals surface area contributed by atoms with Gasteiger partial charge in [-0.1, -0.05) is 40.2 Å². The topological polar surface area (TPSA) is 37.3 Å². The SMILES string of the molecule is CC(C)(Br)C(=O)c1ccc(C(C)(C)O)cc1. The molecule has 0 atom stereocenters. The lowest BCUT2D eigenvalue weighted by atomic mass is 9.94. The molecule has 3 heteroatoms. The first-order valence-corrected chi connectivity index (χ1v) is 5.98. The molecule has 0 saturated carbocycles. The molecule has 0 radical (unpaired) electrons. The number of alkyl halides is 1. The molecule has 0 aliphatic heterocycles. The number of carbonyl (C=O) groups is 1. The van der Waals surface area contributed by atoms with E-state index in [0.29, 0.717) is 5.56 Å². The summed E-state index contributed by atoms with van der Waals surface area (Å²) in [5.74, 6) is 0.0368. The van der Waals surface area contributed by atoms with Crippen LogP contribution in [-0.4, -0.2) is 15.2 Å². The van der Waals surface area contributed by atoms with Gasteiger partial charge in [-0.05, 0) is 33.3 Å². The van der Waals surface area contributed by atoms with Crippen LogP contribution >= 0.6 is 15.9 Å². The van der Waals surface area contributed by atoms with Crippen LogP contribution < -0.4 is 0 Å². The van der Waals surface area contributed by atoms with E-state index < -0.39 is 9.93 Å². The second-order valence-corrected chi connectivity index (χ2v) is 6.92. The van der Waals surface area contributed by atoms with Gasteiger partial charge in [0.2, 0.25) is 0 Å². The van der Waals surface area contributed by atoms with E-state index >= 15 is 0 Å². The Bertz CT molecular complexity index is 380. The number of hydrogen-bond acceptors (Lipinski definition) is 2. The molecule has 0 aliphatic carbocycles. The summed E-state index contributed by atoms with van der Waals surface area (Å²) in [7, 11) is 0. The summed E-state index contributed by atoms with van der Waals surface area (Å²) in [4.78, 5) is 11.9. The minimum Gasteiger partial charge on any atom is -0.386 e. The largest absolute Gasteiger partial charge is 0.386 e. The van der Waals surface area contributed by atoms with Crippen molar-refractivity contribution in [1.29, 1.82) is 0 Å². The fourth-order valence-electron chi connectivity index (χ4n) is 1.37. The van der Waals surface area contributed by atoms with Gasteiger partial charge in [-0.2, -0.15) is 0 Å². The third-order valence-electron chi connectivity index (χ3n) is 2.39. The fraction of sp³-hybridized carbons (Fsp3) is 0.462. The lowest BCUT2D eigenvalue weighted by Crippen LogP contribution is -2.24. The molecule has 0 aromatic heterocycles. The van der Waals surface area contributed by atoms with Gasteiger partial charge in [-0.3, -0.25) is 4.79 Å². The average molecular weight is 285 g/mol. The van der Waals surface area contributed by atoms with Crippen LogP contribution in [0.2, 0.25) is 0 Å². The second kappa shape index (κ2) is 4.30. The van der Waals surface area contributed by atoms with Crippen molar-refractivity contribution in [2.75, 3.05) is 0 Å². The van der Waals surface area contributed by atoms with Gasteiger partial charge >= 0.3 is 0 Å². The molecule has 0 spiro atoms. The predicted molar refractivity (Wildman–Crippen MR) is 69.0 cm³/mol. The second-order valence-electron chi connectivity index (χ2n) is 4.94. The Hall–Kier alpha value is -0.670. The third-order valence-corrected chi connectivity index (χ3v) is 2.75. The molecule has 88 valence electrons. The molecule has 1 aromatic rings. The first-order chi connectivity index (χ1) is 7.12. The van der Waals surface area contributed by atoms with Crippen molar-refractivity contribution in [3.8, 4) is 0 Å². The van der Waals surface area contributed by atoms with Gasteiger partial charge in [0.15, 0.2) is 5.78 Å². The van der Waals surface area contributed by atoms with Crippen LogP contribution in [0.25, 0.3) is 0 Å². The van der Waals surface area contributed by atoms with Crippen LogP contribution in [0.4, 0.5) is 0 Å². The van der Waals surface area contributed by atoms with Crippen LogP contribution in [0.15, 0.2) is 24.3 Å². The normalized spacial score (nSPS) is 12.6. The quantitative estimate of drug-likeness (QED) is 0.683. The molecule has 1 N–H and O–H groups in total. The molecule has 1 rings (SSSR count). The van der Waals surface area contributed by atoms with Crippen LogP contribution in [-0.2, 0) is 5.60 Å². The summed E-state index contributed by atoms with van der Waals surface area (Å²) in [6.45, 7) is 7.08. The van der Waals surface area contributed by atoms with Crippen molar-refractivity contribution < 1.29 is 9.90 Å². The van der Waals surface area contributed by atoms with Gasteiger partial charge in [0.05, 0.1) is 9.93 Å². The number of carbonyl (C=O) groups excluding carboxylic acids is 1. The summed E-state index contributed by atoms with van der Waals surface area (Å²) < 4.78 is -0.552. The monoisotopic (exact) mass is 284 g/mol. The number of hydrogen-bond donors (Lipinski definition) is 1. The van der Waals surface area contributed by atoms with E-state index in [-0.39, 0.29) is 5.78 Å². The van der Waals surface area contributed by atoms with Gasteiger partial charge in [-0.25, -0.2) is 0 Å². The van der Waals surface area contributed by atoms with Gasteiger partial charge < -0.3 is 5.11 Å². The molecule has 0 aliphatic rings. The summed E-state index contributed by atoms with van der Waals surface area (Å²) in [6.07, 6.45) is 0. The van der Waals surface area contributed by atoms with Crippen LogP contribution in [0.3, 0.4) is 0 Å². The molecule has 0 saturated heterocycles. The first-order valence-electron chi connectivity index (χ1n) is 5.19. The Morgan fingerprint density at radius 2 is 1.56 bits per heavy atom. The lowest BCUT2D eigenvalue weighted by Gasteiger charge is -2.19. The predicted octanol–water partition coefficient (Wildman–Crippen LogP) is 3.27. The number of halogens is 1. The van der Waals surface area contributed by atoms with Crippen molar-refractivity contribution in [1.82, 2.24) is 0 Å². The van der Waals surface area contributed by atoms with Gasteiger partial charge in [0.1, 0.15) is 0 Å². The van der Waals surface area contributed by atoms with Gasteiger partial charge in [-0.15, -0.1) is 0 Å². The van der Waals surface area contributed by atoms with E-state index in [1.54, 1.807) is 38.1 Å². The van der Waals surface area contributed by atoms with Crippen molar-refractivity contribution in [2.24, 2.45) is 0 Å². The van der Waals surface area contributed by atoms with E-state index in [1.807, 2.05) is 13.8 Å². The molecule has 0 amide bonds. The van der Waals surface area contributed by atoms with Crippen molar-refractivity contribution in [3.05, 3.63) is 35.4 Å². The number of rotatable bonds is 3. The highest BCUT2D eigenvalue weighted by atomic mass is 79.9. The zero-order valence-electron chi connectivity index (χ0n) is 10.0. The summed E-state index contributed by atoms with van der Waals surface area (Å²) in [6, 6.07) is 7.06. The Morgan fingerprint density at radius 1 is 1.12 bits per heavy atom. The third kappa shape index (κ3) is 3.16. The Kier molecular flexibility index (Phi) is 3.60. The molecule has 0 fully saturated rings. The number of Topliss-reactive ketones (excluding diaryl/α,β-unsaturated/α-hetero) is 1. The van der Waals surface area contributed by atoms with E-state index in [9.17, 15) is 9.90 Å². The molecular weight excluding hydrogens is 268 g/mol. The van der Waals surface area contributed by atoms with Crippen molar-refractivity contribution >= 4 is 21.7 Å². The minimum atomic E-state index is -0.870. The molecular formula is C13H17BrO2. The summed E-state index contributed by atoms with van der Waals surface area (Å²) >= 11 is 3.34. The van der Waals surface area contributed by atoms with Crippen LogP contribution in [0.5, 0.6) is 0 Å². The zero-order chi connectivity index (χ0) is 12.6. The number of aliphatic hydroxyl groups is 1. The van der Waals surface area contributed by atoms with Gasteiger partial charge in [0, 0.05) is 5.56 Å². The minimum absolute atomic E-state index is 0.0368. The summed E-state index contributed by atoms with van der Waals surface area (Å²) in [5.41, 5.74) is 0.581. The molecule has 0 heterocycles. The maximum absolute atomic E-state index is 11.9. The highest BCUT2D eigenvalue weighted by Gasteiger charge is 2.25. The fourth-order valence-corrected chi connectivity index (χ4v) is 1.60. The molecule has 16 heavy (non-hydrogen) atoms. The number of benzene rings is 1. The highest BCUT2D eigenvalue weighted by Crippen LogP contribution is 2.24.